The number of nitrogens with zero attached hydrogens (tertiary/aromatic N) is 2. The van der Waals surface area contributed by atoms with E-state index in [-0.39, 0.29) is 5.69 Å². The van der Waals surface area contributed by atoms with E-state index in [1.54, 1.807) is 0 Å². The van der Waals surface area contributed by atoms with Gasteiger partial charge in [0, 0.05) is 13.1 Å². The summed E-state index contributed by atoms with van der Waals surface area (Å²) in [6.07, 6.45) is 4.62. The molecule has 88 valence electrons. The molecule has 5 nitrogen and oxygen atoms in total. The van der Waals surface area contributed by atoms with Crippen LogP contribution in [-0.4, -0.2) is 29.1 Å². The van der Waals surface area contributed by atoms with Gasteiger partial charge in [-0.2, -0.15) is 4.98 Å². The van der Waals surface area contributed by atoms with Crippen LogP contribution in [-0.2, 0) is 0 Å². The van der Waals surface area contributed by atoms with Gasteiger partial charge in [-0.1, -0.05) is 6.92 Å². The zero-order chi connectivity index (χ0) is 11.5. The maximum absolute atomic E-state index is 10.7. The molecule has 2 rings (SSSR count). The van der Waals surface area contributed by atoms with Crippen molar-refractivity contribution in [3.8, 4) is 0 Å². The molecule has 0 spiro atoms. The molecule has 1 N–H and O–H groups in total. The highest BCUT2D eigenvalue weighted by Gasteiger charge is 2.19. The molecular weight excluding hydrogens is 208 g/mol. The van der Waals surface area contributed by atoms with E-state index in [0.717, 1.165) is 31.8 Å². The first-order chi connectivity index (χ1) is 7.66. The molecule has 2 heterocycles. The topological polar surface area (TPSA) is 66.6 Å². The lowest BCUT2D eigenvalue weighted by molar-refractivity contribution is 0.0690. The Kier molecular flexibility index (Phi) is 3.12. The average Bonchev–Trinajstić information content (AvgIpc) is 2.63. The highest BCUT2D eigenvalue weighted by atomic mass is 16.4. The maximum atomic E-state index is 10.7. The summed E-state index contributed by atoms with van der Waals surface area (Å²) in [4.78, 5) is 16.7. The molecule has 0 radical (unpaired) electrons. The minimum atomic E-state index is -1.04. The monoisotopic (exact) mass is 224 g/mol. The molecule has 0 bridgehead atoms. The number of hydrogen-bond acceptors (Lipinski definition) is 4. The molecule has 0 aliphatic carbocycles. The van der Waals surface area contributed by atoms with Crippen molar-refractivity contribution in [3.63, 3.8) is 0 Å². The molecular formula is C11H16N2O3. The molecule has 0 aromatic carbocycles. The van der Waals surface area contributed by atoms with Crippen molar-refractivity contribution >= 4 is 12.0 Å². The molecule has 1 aromatic heterocycles. The first kappa shape index (κ1) is 11.0. The number of aromatic nitrogens is 1. The van der Waals surface area contributed by atoms with Gasteiger partial charge in [-0.15, -0.1) is 0 Å². The molecule has 1 saturated heterocycles. The smallest absolute Gasteiger partial charge is 0.357 e. The van der Waals surface area contributed by atoms with E-state index in [1.807, 2.05) is 4.90 Å². The Morgan fingerprint density at radius 1 is 1.56 bits per heavy atom. The highest BCUT2D eigenvalue weighted by Crippen LogP contribution is 2.21. The summed E-state index contributed by atoms with van der Waals surface area (Å²) in [5.74, 6) is -0.322. The second-order valence-corrected chi connectivity index (χ2v) is 4.34. The molecule has 1 fully saturated rings. The van der Waals surface area contributed by atoms with E-state index in [9.17, 15) is 4.79 Å². The summed E-state index contributed by atoms with van der Waals surface area (Å²) >= 11 is 0. The van der Waals surface area contributed by atoms with Gasteiger partial charge >= 0.3 is 5.97 Å². The molecule has 1 aliphatic heterocycles. The quantitative estimate of drug-likeness (QED) is 0.832. The number of anilines is 1. The Hall–Kier alpha value is -1.52. The van der Waals surface area contributed by atoms with Crippen molar-refractivity contribution in [1.82, 2.24) is 4.98 Å². The van der Waals surface area contributed by atoms with Crippen LogP contribution in [0, 0.1) is 5.92 Å². The summed E-state index contributed by atoms with van der Waals surface area (Å²) in [7, 11) is 0. The highest BCUT2D eigenvalue weighted by molar-refractivity contribution is 5.85. The predicted octanol–water partition coefficient (Wildman–Crippen LogP) is 2.00. The third-order valence-electron chi connectivity index (χ3n) is 3.00. The van der Waals surface area contributed by atoms with Gasteiger partial charge in [0.05, 0.1) is 0 Å². The van der Waals surface area contributed by atoms with E-state index in [1.165, 1.54) is 12.7 Å². The summed E-state index contributed by atoms with van der Waals surface area (Å²) < 4.78 is 5.19. The van der Waals surface area contributed by atoms with E-state index in [0.29, 0.717) is 6.01 Å². The van der Waals surface area contributed by atoms with E-state index < -0.39 is 5.97 Å². The molecule has 0 saturated carbocycles. The van der Waals surface area contributed by atoms with Gasteiger partial charge in [0.15, 0.2) is 5.69 Å². The van der Waals surface area contributed by atoms with Crippen molar-refractivity contribution in [2.45, 2.75) is 26.2 Å². The van der Waals surface area contributed by atoms with Crippen LogP contribution in [0.4, 0.5) is 6.01 Å². The molecule has 1 aliphatic rings. The standard InChI is InChI=1S/C11H16N2O3/c1-8-3-2-5-13(6-4-8)11-12-9(7-16-11)10(14)15/h7-8H,2-6H2,1H3,(H,14,15). The van der Waals surface area contributed by atoms with Crippen LogP contribution in [0.25, 0.3) is 0 Å². The largest absolute Gasteiger partial charge is 0.476 e. The third-order valence-corrected chi connectivity index (χ3v) is 3.00. The SMILES string of the molecule is CC1CCCN(c2nc(C(=O)O)co2)CC1. The molecule has 5 heteroatoms. The number of aromatic carboxylic acids is 1. The van der Waals surface area contributed by atoms with Crippen LogP contribution in [0.1, 0.15) is 36.7 Å². The van der Waals surface area contributed by atoms with Crippen LogP contribution in [0.2, 0.25) is 0 Å². The van der Waals surface area contributed by atoms with E-state index in [4.69, 9.17) is 9.52 Å². The minimum absolute atomic E-state index is 0.0210. The van der Waals surface area contributed by atoms with E-state index >= 15 is 0 Å². The Morgan fingerprint density at radius 3 is 3.06 bits per heavy atom. The van der Waals surface area contributed by atoms with Crippen molar-refractivity contribution in [3.05, 3.63) is 12.0 Å². The number of carbonyl (C=O) groups is 1. The maximum Gasteiger partial charge on any atom is 0.357 e. The molecule has 1 aromatic rings. The van der Waals surface area contributed by atoms with Crippen LogP contribution < -0.4 is 4.90 Å². The summed E-state index contributed by atoms with van der Waals surface area (Å²) in [5.41, 5.74) is -0.0210. The number of rotatable bonds is 2. The molecule has 1 unspecified atom stereocenters. The summed E-state index contributed by atoms with van der Waals surface area (Å²) in [5, 5.41) is 8.75. The molecule has 16 heavy (non-hydrogen) atoms. The van der Waals surface area contributed by atoms with Crippen LogP contribution in [0.3, 0.4) is 0 Å². The van der Waals surface area contributed by atoms with Crippen LogP contribution in [0.5, 0.6) is 0 Å². The Labute approximate surface area is 94.1 Å². The Balaban J connectivity index is 2.07. The van der Waals surface area contributed by atoms with E-state index in [2.05, 4.69) is 11.9 Å². The lowest BCUT2D eigenvalue weighted by Gasteiger charge is -2.17. The van der Waals surface area contributed by atoms with Gasteiger partial charge in [0.2, 0.25) is 0 Å². The number of oxazole rings is 1. The normalized spacial score (nSPS) is 21.8. The van der Waals surface area contributed by atoms with Crippen molar-refractivity contribution < 1.29 is 14.3 Å². The van der Waals surface area contributed by atoms with Crippen molar-refractivity contribution in [2.75, 3.05) is 18.0 Å². The van der Waals surface area contributed by atoms with Gasteiger partial charge in [-0.25, -0.2) is 4.79 Å². The second-order valence-electron chi connectivity index (χ2n) is 4.34. The number of carboxylic acid groups (broad SMARTS) is 1. The first-order valence-corrected chi connectivity index (χ1v) is 5.60. The van der Waals surface area contributed by atoms with Crippen LogP contribution >= 0.6 is 0 Å². The molecule has 1 atom stereocenters. The zero-order valence-corrected chi connectivity index (χ0v) is 9.35. The van der Waals surface area contributed by atoms with Gasteiger partial charge in [0.1, 0.15) is 6.26 Å². The second kappa shape index (κ2) is 4.55. The predicted molar refractivity (Wildman–Crippen MR) is 58.7 cm³/mol. The Bertz CT molecular complexity index is 375. The fourth-order valence-corrected chi connectivity index (χ4v) is 1.96. The number of hydrogen-bond donors (Lipinski definition) is 1. The fraction of sp³-hybridized carbons (Fsp3) is 0.636. The number of carboxylic acids is 1. The average molecular weight is 224 g/mol. The summed E-state index contributed by atoms with van der Waals surface area (Å²) in [6, 6.07) is 0.437. The lowest BCUT2D eigenvalue weighted by atomic mass is 10.0. The van der Waals surface area contributed by atoms with Gasteiger partial charge in [0.25, 0.3) is 6.01 Å². The van der Waals surface area contributed by atoms with Gasteiger partial charge in [-0.05, 0) is 25.2 Å². The fourth-order valence-electron chi connectivity index (χ4n) is 1.96. The van der Waals surface area contributed by atoms with Crippen molar-refractivity contribution in [2.24, 2.45) is 5.92 Å². The lowest BCUT2D eigenvalue weighted by Crippen LogP contribution is -2.24. The first-order valence-electron chi connectivity index (χ1n) is 5.60. The Morgan fingerprint density at radius 2 is 2.38 bits per heavy atom. The third kappa shape index (κ3) is 2.35. The zero-order valence-electron chi connectivity index (χ0n) is 9.35. The van der Waals surface area contributed by atoms with Crippen molar-refractivity contribution in [1.29, 1.82) is 0 Å². The van der Waals surface area contributed by atoms with Gasteiger partial charge < -0.3 is 14.4 Å². The minimum Gasteiger partial charge on any atom is -0.476 e. The van der Waals surface area contributed by atoms with Crippen LogP contribution in [0.15, 0.2) is 10.7 Å². The van der Waals surface area contributed by atoms with Gasteiger partial charge in [-0.3, -0.25) is 0 Å². The summed E-state index contributed by atoms with van der Waals surface area (Å²) in [6.45, 7) is 4.02. The molecule has 0 amide bonds.